The second kappa shape index (κ2) is 8.50. The maximum Gasteiger partial charge on any atom is 0.324 e. The van der Waals surface area contributed by atoms with Crippen LogP contribution in [0.2, 0.25) is 0 Å². The number of aliphatic hydroxyl groups is 1. The van der Waals surface area contributed by atoms with Gasteiger partial charge in [-0.3, -0.25) is 4.79 Å². The highest BCUT2D eigenvalue weighted by atomic mass is 16.5. The van der Waals surface area contributed by atoms with Crippen LogP contribution in [-0.4, -0.2) is 42.0 Å². The molecule has 0 fully saturated rings. The molecule has 0 spiro atoms. The lowest BCUT2D eigenvalue weighted by atomic mass is 10.1. The number of benzene rings is 1. The predicted molar refractivity (Wildman–Crippen MR) is 72.4 cm³/mol. The summed E-state index contributed by atoms with van der Waals surface area (Å²) in [6.07, 6.45) is 1.36. The first kappa shape index (κ1) is 15.5. The van der Waals surface area contributed by atoms with Crippen molar-refractivity contribution in [3.63, 3.8) is 0 Å². The van der Waals surface area contributed by atoms with Crippen LogP contribution in [0, 0.1) is 0 Å². The van der Waals surface area contributed by atoms with Crippen LogP contribution in [0.1, 0.15) is 18.9 Å². The van der Waals surface area contributed by atoms with Crippen LogP contribution in [0.25, 0.3) is 0 Å². The van der Waals surface area contributed by atoms with Crippen LogP contribution in [0.5, 0.6) is 5.75 Å². The van der Waals surface area contributed by atoms with Gasteiger partial charge in [-0.05, 0) is 31.0 Å². The van der Waals surface area contributed by atoms with Crippen molar-refractivity contribution in [1.82, 2.24) is 5.32 Å². The van der Waals surface area contributed by atoms with Crippen LogP contribution in [0.15, 0.2) is 24.3 Å². The summed E-state index contributed by atoms with van der Waals surface area (Å²) < 4.78 is 5.56. The number of rotatable bonds is 9. The largest absolute Gasteiger partial charge is 0.491 e. The Kier molecular flexibility index (Phi) is 6.92. The monoisotopic (exact) mass is 267 g/mol. The smallest absolute Gasteiger partial charge is 0.324 e. The maximum atomic E-state index is 11.1. The number of carboxylic acids is 1. The first-order valence-electron chi connectivity index (χ1n) is 6.46. The third-order valence-electron chi connectivity index (χ3n) is 2.70. The predicted octanol–water partition coefficient (Wildman–Crippen LogP) is 1.05. The second-order valence-corrected chi connectivity index (χ2v) is 4.24. The lowest BCUT2D eigenvalue weighted by Gasteiger charge is -2.16. The molecule has 0 saturated carbocycles. The fraction of sp³-hybridized carbons (Fsp3) is 0.500. The average Bonchev–Trinajstić information content (AvgIpc) is 2.40. The summed E-state index contributed by atoms with van der Waals surface area (Å²) in [4.78, 5) is 11.1. The number of carboxylic acid groups (broad SMARTS) is 1. The van der Waals surface area contributed by atoms with E-state index in [1.54, 1.807) is 6.07 Å². The van der Waals surface area contributed by atoms with Gasteiger partial charge in [0.15, 0.2) is 0 Å². The molecule has 0 amide bonds. The molecule has 0 radical (unpaired) electrons. The van der Waals surface area contributed by atoms with E-state index in [0.29, 0.717) is 18.7 Å². The second-order valence-electron chi connectivity index (χ2n) is 4.24. The van der Waals surface area contributed by atoms with Crippen LogP contribution in [-0.2, 0) is 11.2 Å². The van der Waals surface area contributed by atoms with Crippen LogP contribution in [0.3, 0.4) is 0 Å². The Bertz CT molecular complexity index is 395. The number of hydrogen-bond acceptors (Lipinski definition) is 4. The molecule has 0 aromatic heterocycles. The molecule has 19 heavy (non-hydrogen) atoms. The normalized spacial score (nSPS) is 12.1. The molecule has 0 bridgehead atoms. The molecule has 106 valence electrons. The van der Waals surface area contributed by atoms with Crippen molar-refractivity contribution >= 4 is 5.97 Å². The first-order valence-corrected chi connectivity index (χ1v) is 6.46. The number of aliphatic carboxylic acids is 1. The van der Waals surface area contributed by atoms with Gasteiger partial charge < -0.3 is 20.3 Å². The van der Waals surface area contributed by atoms with Crippen molar-refractivity contribution in [3.05, 3.63) is 29.8 Å². The molecule has 0 aliphatic carbocycles. The van der Waals surface area contributed by atoms with Gasteiger partial charge in [-0.15, -0.1) is 0 Å². The zero-order valence-corrected chi connectivity index (χ0v) is 11.1. The first-order chi connectivity index (χ1) is 9.19. The van der Waals surface area contributed by atoms with Gasteiger partial charge in [-0.1, -0.05) is 25.1 Å². The van der Waals surface area contributed by atoms with E-state index < -0.39 is 12.0 Å². The minimum atomic E-state index is -0.923. The molecule has 1 aromatic rings. The van der Waals surface area contributed by atoms with E-state index in [-0.39, 0.29) is 13.2 Å². The molecule has 1 rings (SSSR count). The van der Waals surface area contributed by atoms with E-state index >= 15 is 0 Å². The molecule has 5 nitrogen and oxygen atoms in total. The molecule has 1 unspecified atom stereocenters. The Hall–Kier alpha value is -1.59. The van der Waals surface area contributed by atoms with Gasteiger partial charge in [-0.25, -0.2) is 0 Å². The zero-order chi connectivity index (χ0) is 14.1. The topological polar surface area (TPSA) is 78.8 Å². The molecule has 1 aromatic carbocycles. The molecule has 1 atom stereocenters. The third-order valence-corrected chi connectivity index (χ3v) is 2.70. The van der Waals surface area contributed by atoms with Crippen molar-refractivity contribution < 1.29 is 19.7 Å². The summed E-state index contributed by atoms with van der Waals surface area (Å²) >= 11 is 0. The molecular formula is C14H21NO4. The summed E-state index contributed by atoms with van der Waals surface area (Å²) in [6, 6.07) is 6.61. The number of para-hydroxylation sites is 1. The van der Waals surface area contributed by atoms with Crippen LogP contribution < -0.4 is 10.1 Å². The standard InChI is InChI=1S/C14H21NO4/c1-2-8-15-12(14(17)18)10-19-13-6-4-3-5-11(13)7-9-16/h3-6,12,15-16H,2,7-10H2,1H3,(H,17,18). The number of carbonyl (C=O) groups is 1. The summed E-state index contributed by atoms with van der Waals surface area (Å²) in [6.45, 7) is 2.72. The van der Waals surface area contributed by atoms with Gasteiger partial charge in [-0.2, -0.15) is 0 Å². The molecule has 0 saturated heterocycles. The number of aliphatic hydroxyl groups excluding tert-OH is 1. The van der Waals surface area contributed by atoms with Gasteiger partial charge in [0.25, 0.3) is 0 Å². The maximum absolute atomic E-state index is 11.1. The van der Waals surface area contributed by atoms with E-state index in [1.807, 2.05) is 25.1 Å². The van der Waals surface area contributed by atoms with Crippen molar-refractivity contribution in [1.29, 1.82) is 0 Å². The molecule has 5 heteroatoms. The van der Waals surface area contributed by atoms with Crippen molar-refractivity contribution in [2.24, 2.45) is 0 Å². The fourth-order valence-electron chi connectivity index (χ4n) is 1.68. The minimum absolute atomic E-state index is 0.0385. The Labute approximate surface area is 113 Å². The van der Waals surface area contributed by atoms with Crippen LogP contribution >= 0.6 is 0 Å². The van der Waals surface area contributed by atoms with Gasteiger partial charge >= 0.3 is 5.97 Å². The minimum Gasteiger partial charge on any atom is -0.491 e. The summed E-state index contributed by atoms with van der Waals surface area (Å²) in [7, 11) is 0. The Morgan fingerprint density at radius 3 is 2.79 bits per heavy atom. The van der Waals surface area contributed by atoms with Crippen molar-refractivity contribution in [2.75, 3.05) is 19.8 Å². The number of hydrogen-bond donors (Lipinski definition) is 3. The van der Waals surface area contributed by atoms with E-state index in [2.05, 4.69) is 5.32 Å². The zero-order valence-electron chi connectivity index (χ0n) is 11.1. The molecule has 0 heterocycles. The highest BCUT2D eigenvalue weighted by Crippen LogP contribution is 2.18. The van der Waals surface area contributed by atoms with E-state index in [9.17, 15) is 4.79 Å². The van der Waals surface area contributed by atoms with Crippen LogP contribution in [0.4, 0.5) is 0 Å². The highest BCUT2D eigenvalue weighted by Gasteiger charge is 2.17. The Morgan fingerprint density at radius 2 is 2.16 bits per heavy atom. The third kappa shape index (κ3) is 5.28. The van der Waals surface area contributed by atoms with Gasteiger partial charge in [0.1, 0.15) is 18.4 Å². The van der Waals surface area contributed by atoms with E-state index in [4.69, 9.17) is 14.9 Å². The fourth-order valence-corrected chi connectivity index (χ4v) is 1.68. The highest BCUT2D eigenvalue weighted by molar-refractivity contribution is 5.73. The number of ether oxygens (including phenoxy) is 1. The molecule has 0 aliphatic rings. The summed E-state index contributed by atoms with van der Waals surface area (Å²) in [5, 5.41) is 20.9. The summed E-state index contributed by atoms with van der Waals surface area (Å²) in [5.74, 6) is -0.297. The van der Waals surface area contributed by atoms with Crippen molar-refractivity contribution in [2.45, 2.75) is 25.8 Å². The molecule has 3 N–H and O–H groups in total. The van der Waals surface area contributed by atoms with Gasteiger partial charge in [0.05, 0.1) is 0 Å². The van der Waals surface area contributed by atoms with Crippen molar-refractivity contribution in [3.8, 4) is 5.75 Å². The lowest BCUT2D eigenvalue weighted by molar-refractivity contribution is -0.140. The average molecular weight is 267 g/mol. The van der Waals surface area contributed by atoms with Gasteiger partial charge in [0, 0.05) is 6.61 Å². The molecule has 0 aliphatic heterocycles. The van der Waals surface area contributed by atoms with Gasteiger partial charge in [0.2, 0.25) is 0 Å². The molecular weight excluding hydrogens is 246 g/mol. The van der Waals surface area contributed by atoms with E-state index in [0.717, 1.165) is 12.0 Å². The summed E-state index contributed by atoms with van der Waals surface area (Å²) in [5.41, 5.74) is 0.879. The number of nitrogens with one attached hydrogen (secondary N) is 1. The SMILES string of the molecule is CCCNC(COc1ccccc1CCO)C(=O)O. The lowest BCUT2D eigenvalue weighted by Crippen LogP contribution is -2.41. The van der Waals surface area contributed by atoms with E-state index in [1.165, 1.54) is 0 Å². The Morgan fingerprint density at radius 1 is 1.42 bits per heavy atom. The quantitative estimate of drug-likeness (QED) is 0.623. The Balaban J connectivity index is 2.60.